The normalized spacial score (nSPS) is 13.1. The predicted octanol–water partition coefficient (Wildman–Crippen LogP) is 3.87. The molecule has 96 valence electrons. The van der Waals surface area contributed by atoms with E-state index in [9.17, 15) is 0 Å². The second-order valence-corrected chi connectivity index (χ2v) is 5.31. The lowest BCUT2D eigenvalue weighted by Crippen LogP contribution is -2.34. The molecular weight excluding hydrogens is 206 g/mol. The van der Waals surface area contributed by atoms with E-state index in [2.05, 4.69) is 58.1 Å². The van der Waals surface area contributed by atoms with E-state index in [1.807, 2.05) is 0 Å². The largest absolute Gasteiger partial charge is 0.314 e. The van der Waals surface area contributed by atoms with Gasteiger partial charge in [0, 0.05) is 6.04 Å². The number of benzene rings is 1. The summed E-state index contributed by atoms with van der Waals surface area (Å²) in [6, 6.07) is 7.28. The first-order chi connectivity index (χ1) is 8.06. The van der Waals surface area contributed by atoms with Crippen molar-refractivity contribution in [2.75, 3.05) is 6.54 Å². The summed E-state index contributed by atoms with van der Waals surface area (Å²) in [4.78, 5) is 0. The molecule has 1 aromatic rings. The number of nitrogens with one attached hydrogen (secondary N) is 1. The van der Waals surface area contributed by atoms with Gasteiger partial charge in [0.15, 0.2) is 0 Å². The number of hydrogen-bond acceptors (Lipinski definition) is 1. The van der Waals surface area contributed by atoms with E-state index in [0.717, 1.165) is 6.54 Å². The molecule has 1 atom stereocenters. The van der Waals surface area contributed by atoms with Gasteiger partial charge in [0.05, 0.1) is 0 Å². The highest BCUT2D eigenvalue weighted by Crippen LogP contribution is 2.17. The molecule has 0 saturated heterocycles. The van der Waals surface area contributed by atoms with Gasteiger partial charge in [-0.25, -0.2) is 0 Å². The van der Waals surface area contributed by atoms with Gasteiger partial charge in [-0.15, -0.1) is 0 Å². The number of hydrogen-bond donors (Lipinski definition) is 1. The van der Waals surface area contributed by atoms with Crippen LogP contribution in [0.3, 0.4) is 0 Å². The third-order valence-corrected chi connectivity index (χ3v) is 3.71. The van der Waals surface area contributed by atoms with E-state index in [1.165, 1.54) is 29.5 Å². The van der Waals surface area contributed by atoms with Gasteiger partial charge in [-0.05, 0) is 55.8 Å². The summed E-state index contributed by atoms with van der Waals surface area (Å²) in [6.07, 6.45) is 2.42. The van der Waals surface area contributed by atoms with E-state index in [-0.39, 0.29) is 0 Å². The van der Waals surface area contributed by atoms with E-state index >= 15 is 0 Å². The van der Waals surface area contributed by atoms with Crippen molar-refractivity contribution in [1.82, 2.24) is 5.32 Å². The molecular formula is C16H27N. The van der Waals surface area contributed by atoms with Crippen molar-refractivity contribution in [1.29, 1.82) is 0 Å². The molecule has 1 nitrogen and oxygen atoms in total. The Hall–Kier alpha value is -0.820. The van der Waals surface area contributed by atoms with Gasteiger partial charge in [-0.3, -0.25) is 0 Å². The van der Waals surface area contributed by atoms with Gasteiger partial charge in [0.25, 0.3) is 0 Å². The molecule has 0 radical (unpaired) electrons. The summed E-state index contributed by atoms with van der Waals surface area (Å²) in [5.41, 5.74) is 4.38. The van der Waals surface area contributed by atoms with Gasteiger partial charge < -0.3 is 5.32 Å². The Morgan fingerprint density at radius 3 is 2.47 bits per heavy atom. The van der Waals surface area contributed by atoms with Crippen LogP contribution in [0.5, 0.6) is 0 Å². The molecule has 1 aromatic carbocycles. The summed E-state index contributed by atoms with van der Waals surface area (Å²) in [5, 5.41) is 3.59. The lowest BCUT2D eigenvalue weighted by atomic mass is 9.93. The maximum atomic E-state index is 3.59. The van der Waals surface area contributed by atoms with Crippen LogP contribution in [-0.2, 0) is 6.42 Å². The van der Waals surface area contributed by atoms with Crippen LogP contribution in [0.1, 0.15) is 43.9 Å². The molecule has 0 fully saturated rings. The van der Waals surface area contributed by atoms with Crippen LogP contribution in [0.25, 0.3) is 0 Å². The third kappa shape index (κ3) is 4.16. The lowest BCUT2D eigenvalue weighted by Gasteiger charge is -2.22. The topological polar surface area (TPSA) is 12.0 Å². The fourth-order valence-electron chi connectivity index (χ4n) is 2.33. The maximum Gasteiger partial charge on any atom is 0.00931 e. The van der Waals surface area contributed by atoms with Crippen molar-refractivity contribution in [3.8, 4) is 0 Å². The molecule has 0 aliphatic carbocycles. The van der Waals surface area contributed by atoms with Crippen LogP contribution >= 0.6 is 0 Å². The van der Waals surface area contributed by atoms with Gasteiger partial charge in [-0.1, -0.05) is 39.0 Å². The van der Waals surface area contributed by atoms with Crippen LogP contribution in [0.15, 0.2) is 18.2 Å². The molecule has 1 unspecified atom stereocenters. The Morgan fingerprint density at radius 1 is 1.18 bits per heavy atom. The molecule has 0 amide bonds. The summed E-state index contributed by atoms with van der Waals surface area (Å²) >= 11 is 0. The third-order valence-electron chi connectivity index (χ3n) is 3.71. The average Bonchev–Trinajstić information content (AvgIpc) is 2.29. The van der Waals surface area contributed by atoms with Crippen LogP contribution in [0.4, 0.5) is 0 Å². The minimum absolute atomic E-state index is 0.639. The fourth-order valence-corrected chi connectivity index (χ4v) is 2.33. The zero-order valence-corrected chi connectivity index (χ0v) is 12.0. The fraction of sp³-hybridized carbons (Fsp3) is 0.625. The quantitative estimate of drug-likeness (QED) is 0.786. The van der Waals surface area contributed by atoms with Crippen LogP contribution in [0, 0.1) is 19.8 Å². The van der Waals surface area contributed by atoms with Gasteiger partial charge >= 0.3 is 0 Å². The number of rotatable bonds is 6. The molecule has 1 N–H and O–H groups in total. The highest BCUT2D eigenvalue weighted by atomic mass is 14.9. The van der Waals surface area contributed by atoms with Crippen molar-refractivity contribution in [3.05, 3.63) is 34.9 Å². The molecule has 0 aromatic heterocycles. The molecule has 1 rings (SSSR count). The first kappa shape index (κ1) is 14.2. The summed E-state index contributed by atoms with van der Waals surface area (Å²) in [5.74, 6) is 0.708. The average molecular weight is 233 g/mol. The first-order valence-corrected chi connectivity index (χ1v) is 6.84. The highest BCUT2D eigenvalue weighted by Gasteiger charge is 2.12. The van der Waals surface area contributed by atoms with Gasteiger partial charge in [0.1, 0.15) is 0 Å². The van der Waals surface area contributed by atoms with Gasteiger partial charge in [0.2, 0.25) is 0 Å². The second-order valence-electron chi connectivity index (χ2n) is 5.31. The molecule has 0 aliphatic heterocycles. The summed E-state index contributed by atoms with van der Waals surface area (Å²) < 4.78 is 0. The highest BCUT2D eigenvalue weighted by molar-refractivity contribution is 5.33. The minimum Gasteiger partial charge on any atom is -0.314 e. The van der Waals surface area contributed by atoms with E-state index < -0.39 is 0 Å². The van der Waals surface area contributed by atoms with Crippen LogP contribution < -0.4 is 5.32 Å². The summed E-state index contributed by atoms with van der Waals surface area (Å²) in [7, 11) is 0. The zero-order chi connectivity index (χ0) is 12.8. The monoisotopic (exact) mass is 233 g/mol. The van der Waals surface area contributed by atoms with E-state index in [4.69, 9.17) is 0 Å². The lowest BCUT2D eigenvalue weighted by molar-refractivity contribution is 0.385. The SMILES string of the molecule is CCNC(CCc1cccc(C)c1C)C(C)C. The standard InChI is InChI=1S/C16H27N/c1-6-17-16(12(2)3)11-10-15-9-7-8-13(4)14(15)5/h7-9,12,16-17H,6,10-11H2,1-5H3. The Balaban J connectivity index is 2.62. The molecule has 0 saturated carbocycles. The molecule has 0 bridgehead atoms. The maximum absolute atomic E-state index is 3.59. The van der Waals surface area contributed by atoms with Crippen molar-refractivity contribution in [2.45, 2.75) is 53.5 Å². The van der Waals surface area contributed by atoms with Crippen molar-refractivity contribution in [2.24, 2.45) is 5.92 Å². The van der Waals surface area contributed by atoms with Crippen molar-refractivity contribution < 1.29 is 0 Å². The van der Waals surface area contributed by atoms with E-state index in [1.54, 1.807) is 0 Å². The van der Waals surface area contributed by atoms with Gasteiger partial charge in [-0.2, -0.15) is 0 Å². The predicted molar refractivity (Wildman–Crippen MR) is 76.5 cm³/mol. The first-order valence-electron chi connectivity index (χ1n) is 6.84. The zero-order valence-electron chi connectivity index (χ0n) is 12.0. The Morgan fingerprint density at radius 2 is 1.88 bits per heavy atom. The summed E-state index contributed by atoms with van der Waals surface area (Å²) in [6.45, 7) is 12.3. The van der Waals surface area contributed by atoms with Crippen molar-refractivity contribution >= 4 is 0 Å². The van der Waals surface area contributed by atoms with E-state index in [0.29, 0.717) is 12.0 Å². The molecule has 17 heavy (non-hydrogen) atoms. The molecule has 0 heterocycles. The molecule has 0 aliphatic rings. The Bertz CT molecular complexity index is 341. The van der Waals surface area contributed by atoms with Crippen LogP contribution in [0.2, 0.25) is 0 Å². The second kappa shape index (κ2) is 6.80. The number of aryl methyl sites for hydroxylation is 2. The Kier molecular flexibility index (Phi) is 5.70. The van der Waals surface area contributed by atoms with Crippen LogP contribution in [-0.4, -0.2) is 12.6 Å². The van der Waals surface area contributed by atoms with Crippen molar-refractivity contribution in [3.63, 3.8) is 0 Å². The molecule has 1 heteroatoms. The molecule has 0 spiro atoms. The smallest absolute Gasteiger partial charge is 0.00931 e. The Labute approximate surface area is 107 Å². The minimum atomic E-state index is 0.639.